The summed E-state index contributed by atoms with van der Waals surface area (Å²) in [6.07, 6.45) is 2.52. The molecule has 0 bridgehead atoms. The lowest BCUT2D eigenvalue weighted by molar-refractivity contribution is 0.296. The van der Waals surface area contributed by atoms with E-state index in [1.54, 1.807) is 18.4 Å². The van der Waals surface area contributed by atoms with E-state index in [-0.39, 0.29) is 5.92 Å². The van der Waals surface area contributed by atoms with Gasteiger partial charge in [0, 0.05) is 49.5 Å². The molecular weight excluding hydrogens is 382 g/mol. The Kier molecular flexibility index (Phi) is 6.21. The van der Waals surface area contributed by atoms with E-state index in [1.807, 2.05) is 31.2 Å². The quantitative estimate of drug-likeness (QED) is 0.760. The Balaban J connectivity index is 1.84. The molecule has 0 saturated carbocycles. The Hall–Kier alpha value is -1.47. The Morgan fingerprint density at radius 1 is 1.26 bits per heavy atom. The van der Waals surface area contributed by atoms with E-state index in [2.05, 4.69) is 12.1 Å². The summed E-state index contributed by atoms with van der Waals surface area (Å²) in [5.74, 6) is 0.110. The molecule has 0 radical (unpaired) electrons. The Labute approximate surface area is 167 Å². The Morgan fingerprint density at radius 3 is 2.70 bits per heavy atom. The number of halogens is 1. The van der Waals surface area contributed by atoms with E-state index in [0.717, 1.165) is 46.8 Å². The zero-order chi connectivity index (χ0) is 19.6. The Morgan fingerprint density at radius 2 is 2.00 bits per heavy atom. The fourth-order valence-electron chi connectivity index (χ4n) is 3.57. The second kappa shape index (κ2) is 8.27. The van der Waals surface area contributed by atoms with E-state index in [1.165, 1.54) is 4.31 Å². The molecule has 1 saturated heterocycles. The largest absolute Gasteiger partial charge is 0.281 e. The molecule has 0 N–H and O–H groups in total. The number of aromatic nitrogens is 1. The van der Waals surface area contributed by atoms with Crippen LogP contribution in [0.3, 0.4) is 0 Å². The third kappa shape index (κ3) is 4.69. The van der Waals surface area contributed by atoms with Crippen molar-refractivity contribution in [2.75, 3.05) is 27.2 Å². The van der Waals surface area contributed by atoms with Gasteiger partial charge in [0.25, 0.3) is 10.2 Å². The highest BCUT2D eigenvalue weighted by atomic mass is 35.5. The smallest absolute Gasteiger partial charge is 0.258 e. The molecular formula is C20H26ClN3O2S. The van der Waals surface area contributed by atoms with Gasteiger partial charge >= 0.3 is 0 Å². The van der Waals surface area contributed by atoms with Crippen molar-refractivity contribution in [3.05, 3.63) is 63.9 Å². The first-order valence-corrected chi connectivity index (χ1v) is 10.9. The van der Waals surface area contributed by atoms with Crippen molar-refractivity contribution in [2.45, 2.75) is 32.1 Å². The molecule has 0 aliphatic carbocycles. The monoisotopic (exact) mass is 407 g/mol. The maximum absolute atomic E-state index is 12.5. The van der Waals surface area contributed by atoms with Crippen molar-refractivity contribution in [3.8, 4) is 0 Å². The van der Waals surface area contributed by atoms with Crippen LogP contribution in [0.1, 0.15) is 41.3 Å². The van der Waals surface area contributed by atoms with Crippen molar-refractivity contribution >= 4 is 21.8 Å². The predicted molar refractivity (Wildman–Crippen MR) is 109 cm³/mol. The van der Waals surface area contributed by atoms with Crippen LogP contribution in [-0.2, 0) is 16.6 Å². The van der Waals surface area contributed by atoms with Gasteiger partial charge in [-0.2, -0.15) is 17.0 Å². The van der Waals surface area contributed by atoms with Gasteiger partial charge in [-0.1, -0.05) is 29.8 Å². The van der Waals surface area contributed by atoms with Gasteiger partial charge in [0.1, 0.15) is 0 Å². The van der Waals surface area contributed by atoms with Gasteiger partial charge in [-0.3, -0.25) is 4.98 Å². The number of piperidine rings is 1. The molecule has 0 unspecified atom stereocenters. The van der Waals surface area contributed by atoms with Crippen LogP contribution in [0.5, 0.6) is 0 Å². The molecule has 2 aromatic rings. The summed E-state index contributed by atoms with van der Waals surface area (Å²) in [7, 11) is -0.244. The average molecular weight is 408 g/mol. The fourth-order valence-corrected chi connectivity index (χ4v) is 4.96. The molecule has 1 aromatic carbocycles. The van der Waals surface area contributed by atoms with Gasteiger partial charge in [0.05, 0.1) is 0 Å². The standard InChI is InChI=1S/C20H26ClN3O2S/c1-15-11-16(12-17-7-4-5-9-19(17)21)13-20(22-15)18-8-6-10-24(14-18)27(25,26)23(2)3/h4-5,7,9,11,13,18H,6,8,10,12,14H2,1-3H3/t18-/m0/s1. The van der Waals surface area contributed by atoms with Crippen LogP contribution < -0.4 is 0 Å². The molecule has 2 heterocycles. The summed E-state index contributed by atoms with van der Waals surface area (Å²) in [4.78, 5) is 4.71. The molecule has 5 nitrogen and oxygen atoms in total. The first-order valence-electron chi connectivity index (χ1n) is 9.16. The first kappa shape index (κ1) is 20.3. The number of rotatable bonds is 5. The number of pyridine rings is 1. The molecule has 1 atom stereocenters. The lowest BCUT2D eigenvalue weighted by Gasteiger charge is -2.33. The van der Waals surface area contributed by atoms with Gasteiger partial charge in [-0.15, -0.1) is 0 Å². The number of hydrogen-bond acceptors (Lipinski definition) is 3. The summed E-state index contributed by atoms with van der Waals surface area (Å²) >= 11 is 6.31. The number of hydrogen-bond donors (Lipinski definition) is 0. The molecule has 1 aliphatic rings. The van der Waals surface area contributed by atoms with E-state index < -0.39 is 10.2 Å². The van der Waals surface area contributed by atoms with Gasteiger partial charge in [-0.25, -0.2) is 0 Å². The normalized spacial score (nSPS) is 18.8. The van der Waals surface area contributed by atoms with E-state index in [9.17, 15) is 8.42 Å². The van der Waals surface area contributed by atoms with Crippen molar-refractivity contribution < 1.29 is 8.42 Å². The second-order valence-corrected chi connectivity index (χ2v) is 9.85. The lowest BCUT2D eigenvalue weighted by atomic mass is 9.93. The van der Waals surface area contributed by atoms with Crippen LogP contribution in [-0.4, -0.2) is 49.2 Å². The summed E-state index contributed by atoms with van der Waals surface area (Å²) in [6.45, 7) is 3.02. The first-order chi connectivity index (χ1) is 12.8. The van der Waals surface area contributed by atoms with Crippen LogP contribution in [0, 0.1) is 6.92 Å². The van der Waals surface area contributed by atoms with Crippen LogP contribution in [0.2, 0.25) is 5.02 Å². The van der Waals surface area contributed by atoms with E-state index >= 15 is 0 Å². The maximum Gasteiger partial charge on any atom is 0.281 e. The Bertz CT molecular complexity index is 915. The minimum Gasteiger partial charge on any atom is -0.258 e. The lowest BCUT2D eigenvalue weighted by Crippen LogP contribution is -2.45. The molecule has 1 fully saturated rings. The van der Waals surface area contributed by atoms with Gasteiger partial charge in [0.2, 0.25) is 0 Å². The number of benzene rings is 1. The van der Waals surface area contributed by atoms with E-state index in [0.29, 0.717) is 13.1 Å². The molecule has 0 spiro atoms. The topological polar surface area (TPSA) is 53.5 Å². The highest BCUT2D eigenvalue weighted by Gasteiger charge is 2.31. The second-order valence-electron chi connectivity index (χ2n) is 7.30. The minimum atomic E-state index is -3.39. The summed E-state index contributed by atoms with van der Waals surface area (Å²) in [5.41, 5.74) is 4.15. The third-order valence-electron chi connectivity index (χ3n) is 4.98. The molecule has 1 aromatic heterocycles. The SMILES string of the molecule is Cc1cc(Cc2ccccc2Cl)cc([C@H]2CCCN(S(=O)(=O)N(C)C)C2)n1. The van der Waals surface area contributed by atoms with Gasteiger partial charge in [-0.05, 0) is 55.5 Å². The van der Waals surface area contributed by atoms with Crippen molar-refractivity contribution in [3.63, 3.8) is 0 Å². The molecule has 7 heteroatoms. The van der Waals surface area contributed by atoms with Crippen LogP contribution in [0.25, 0.3) is 0 Å². The molecule has 1 aliphatic heterocycles. The van der Waals surface area contributed by atoms with Crippen LogP contribution >= 0.6 is 11.6 Å². The predicted octanol–water partition coefficient (Wildman–Crippen LogP) is 3.62. The third-order valence-corrected chi connectivity index (χ3v) is 7.25. The van der Waals surface area contributed by atoms with Gasteiger partial charge < -0.3 is 0 Å². The average Bonchev–Trinajstić information content (AvgIpc) is 2.63. The van der Waals surface area contributed by atoms with Gasteiger partial charge in [0.15, 0.2) is 0 Å². The van der Waals surface area contributed by atoms with Crippen molar-refractivity contribution in [1.29, 1.82) is 0 Å². The van der Waals surface area contributed by atoms with Crippen LogP contribution in [0.4, 0.5) is 0 Å². The number of aryl methyl sites for hydroxylation is 1. The zero-order valence-corrected chi connectivity index (χ0v) is 17.6. The summed E-state index contributed by atoms with van der Waals surface area (Å²) < 4.78 is 27.8. The highest BCUT2D eigenvalue weighted by molar-refractivity contribution is 7.86. The molecule has 27 heavy (non-hydrogen) atoms. The molecule has 0 amide bonds. The molecule has 146 valence electrons. The fraction of sp³-hybridized carbons (Fsp3) is 0.450. The van der Waals surface area contributed by atoms with Crippen molar-refractivity contribution in [1.82, 2.24) is 13.6 Å². The number of nitrogens with zero attached hydrogens (tertiary/aromatic N) is 3. The van der Waals surface area contributed by atoms with Crippen molar-refractivity contribution in [2.24, 2.45) is 0 Å². The minimum absolute atomic E-state index is 0.110. The summed E-state index contributed by atoms with van der Waals surface area (Å²) in [6, 6.07) is 12.0. The van der Waals surface area contributed by atoms with E-state index in [4.69, 9.17) is 16.6 Å². The zero-order valence-electron chi connectivity index (χ0n) is 16.0. The highest BCUT2D eigenvalue weighted by Crippen LogP contribution is 2.29. The summed E-state index contributed by atoms with van der Waals surface area (Å²) in [5, 5.41) is 0.759. The van der Waals surface area contributed by atoms with Crippen LogP contribution in [0.15, 0.2) is 36.4 Å². The maximum atomic E-state index is 12.5. The molecule has 3 rings (SSSR count).